The van der Waals surface area contributed by atoms with Crippen molar-refractivity contribution in [1.82, 2.24) is 4.98 Å². The number of esters is 1. The van der Waals surface area contributed by atoms with Gasteiger partial charge in [-0.3, -0.25) is 4.79 Å². The zero-order valence-electron chi connectivity index (χ0n) is 11.7. The highest BCUT2D eigenvalue weighted by Gasteiger charge is 2.08. The number of ether oxygens (including phenoxy) is 2. The van der Waals surface area contributed by atoms with E-state index >= 15 is 0 Å². The van der Waals surface area contributed by atoms with Crippen molar-refractivity contribution in [3.8, 4) is 5.75 Å². The highest BCUT2D eigenvalue weighted by atomic mass is 79.9. The van der Waals surface area contributed by atoms with Crippen LogP contribution in [0.15, 0.2) is 34.1 Å². The summed E-state index contributed by atoms with van der Waals surface area (Å²) in [7, 11) is 0. The number of aromatic nitrogens is 1. The van der Waals surface area contributed by atoms with Crippen LogP contribution in [-0.4, -0.2) is 23.5 Å². The number of hydrogen-bond acceptors (Lipinski definition) is 6. The third-order valence-corrected chi connectivity index (χ3v) is 3.72. The molecule has 0 aliphatic rings. The van der Waals surface area contributed by atoms with Crippen molar-refractivity contribution in [2.45, 2.75) is 13.5 Å². The third-order valence-electron chi connectivity index (χ3n) is 2.39. The molecule has 1 amide bonds. The summed E-state index contributed by atoms with van der Waals surface area (Å²) in [4.78, 5) is 26.6. The predicted octanol–water partition coefficient (Wildman–Crippen LogP) is 2.99. The number of amides is 1. The number of benzene rings is 1. The van der Waals surface area contributed by atoms with Gasteiger partial charge in [-0.25, -0.2) is 9.78 Å². The molecule has 6 nitrogen and oxygen atoms in total. The zero-order chi connectivity index (χ0) is 15.9. The molecule has 1 aromatic heterocycles. The summed E-state index contributed by atoms with van der Waals surface area (Å²) in [6, 6.07) is 7.13. The molecule has 1 N–H and O–H groups in total. The fourth-order valence-electron chi connectivity index (χ4n) is 1.45. The molecule has 2 aromatic rings. The second-order valence-electron chi connectivity index (χ2n) is 4.23. The number of carbonyl (C=O) groups excluding carboxylic acids is 2. The maximum absolute atomic E-state index is 11.6. The summed E-state index contributed by atoms with van der Waals surface area (Å²) in [5, 5.41) is 4.76. The lowest BCUT2D eigenvalue weighted by Crippen LogP contribution is -2.14. The molecule has 0 saturated carbocycles. The molecule has 0 aliphatic carbocycles. The van der Waals surface area contributed by atoms with E-state index < -0.39 is 5.97 Å². The van der Waals surface area contributed by atoms with Gasteiger partial charge in [0.15, 0.2) is 11.7 Å². The minimum absolute atomic E-state index is 0.0403. The van der Waals surface area contributed by atoms with Gasteiger partial charge in [0.2, 0.25) is 5.91 Å². The first-order valence-electron chi connectivity index (χ1n) is 6.29. The molecule has 0 radical (unpaired) electrons. The minimum atomic E-state index is -0.489. The average molecular weight is 385 g/mol. The molecule has 8 heteroatoms. The van der Waals surface area contributed by atoms with Crippen LogP contribution in [0.5, 0.6) is 5.75 Å². The van der Waals surface area contributed by atoms with E-state index in [9.17, 15) is 9.59 Å². The van der Waals surface area contributed by atoms with E-state index in [4.69, 9.17) is 9.47 Å². The van der Waals surface area contributed by atoms with Gasteiger partial charge in [-0.15, -0.1) is 11.3 Å². The molecule has 0 bridgehead atoms. The van der Waals surface area contributed by atoms with Gasteiger partial charge in [0.1, 0.15) is 12.4 Å². The Kier molecular flexibility index (Phi) is 5.91. The Balaban J connectivity index is 1.74. The fourth-order valence-corrected chi connectivity index (χ4v) is 2.46. The molecular formula is C14H13BrN2O4S. The van der Waals surface area contributed by atoms with E-state index in [1.165, 1.54) is 18.3 Å². The molecule has 2 rings (SSSR count). The average Bonchev–Trinajstić information content (AvgIpc) is 2.91. The van der Waals surface area contributed by atoms with Crippen LogP contribution in [0.25, 0.3) is 0 Å². The van der Waals surface area contributed by atoms with Gasteiger partial charge in [-0.1, -0.05) is 15.9 Å². The topological polar surface area (TPSA) is 77.5 Å². The summed E-state index contributed by atoms with van der Waals surface area (Å²) in [6.07, 6.45) is 0. The van der Waals surface area contributed by atoms with Gasteiger partial charge in [-0.2, -0.15) is 0 Å². The molecule has 1 heterocycles. The second-order valence-corrected chi connectivity index (χ2v) is 6.00. The first kappa shape index (κ1) is 16.4. The first-order valence-corrected chi connectivity index (χ1v) is 7.96. The van der Waals surface area contributed by atoms with Crippen molar-refractivity contribution >= 4 is 44.3 Å². The van der Waals surface area contributed by atoms with Gasteiger partial charge in [0.25, 0.3) is 0 Å². The lowest BCUT2D eigenvalue weighted by molar-refractivity contribution is -0.147. The van der Waals surface area contributed by atoms with Crippen LogP contribution < -0.4 is 10.1 Å². The van der Waals surface area contributed by atoms with Gasteiger partial charge in [0, 0.05) is 16.8 Å². The molecule has 0 saturated heterocycles. The van der Waals surface area contributed by atoms with Crippen molar-refractivity contribution in [3.63, 3.8) is 0 Å². The van der Waals surface area contributed by atoms with Crippen LogP contribution in [0.3, 0.4) is 0 Å². The van der Waals surface area contributed by atoms with E-state index in [1.54, 1.807) is 17.5 Å². The SMILES string of the molecule is CC(=O)Nc1nc(COC(=O)COc2ccc(Br)cc2)cs1. The Morgan fingerprint density at radius 1 is 1.32 bits per heavy atom. The van der Waals surface area contributed by atoms with Crippen LogP contribution >= 0.6 is 27.3 Å². The maximum atomic E-state index is 11.6. The molecule has 22 heavy (non-hydrogen) atoms. The second kappa shape index (κ2) is 7.90. The maximum Gasteiger partial charge on any atom is 0.344 e. The van der Waals surface area contributed by atoms with Gasteiger partial charge in [0.05, 0.1) is 5.69 Å². The molecular weight excluding hydrogens is 372 g/mol. The number of anilines is 1. The van der Waals surface area contributed by atoms with Crippen LogP contribution in [0.4, 0.5) is 5.13 Å². The monoisotopic (exact) mass is 384 g/mol. The first-order chi connectivity index (χ1) is 10.5. The summed E-state index contributed by atoms with van der Waals surface area (Å²) in [6.45, 7) is 1.27. The van der Waals surface area contributed by atoms with E-state index in [0.717, 1.165) is 4.47 Å². The standard InChI is InChI=1S/C14H13BrN2O4S/c1-9(18)16-14-17-11(8-22-14)6-21-13(19)7-20-12-4-2-10(15)3-5-12/h2-5,8H,6-7H2,1H3,(H,16,17,18). The number of nitrogens with zero attached hydrogens (tertiary/aromatic N) is 1. The molecule has 1 aromatic carbocycles. The van der Waals surface area contributed by atoms with Crippen molar-refractivity contribution in [2.24, 2.45) is 0 Å². The summed E-state index contributed by atoms with van der Waals surface area (Å²) >= 11 is 4.58. The lowest BCUT2D eigenvalue weighted by atomic mass is 10.3. The van der Waals surface area contributed by atoms with Crippen LogP contribution in [0, 0.1) is 0 Å². The molecule has 0 fully saturated rings. The highest BCUT2D eigenvalue weighted by Crippen LogP contribution is 2.17. The third kappa shape index (κ3) is 5.45. The number of hydrogen-bond donors (Lipinski definition) is 1. The Morgan fingerprint density at radius 2 is 2.05 bits per heavy atom. The largest absolute Gasteiger partial charge is 0.482 e. The Labute approximate surface area is 139 Å². The number of rotatable bonds is 6. The van der Waals surface area contributed by atoms with E-state index in [1.807, 2.05) is 12.1 Å². The number of carbonyl (C=O) groups is 2. The number of nitrogens with one attached hydrogen (secondary N) is 1. The van der Waals surface area contributed by atoms with Gasteiger partial charge < -0.3 is 14.8 Å². The quantitative estimate of drug-likeness (QED) is 0.774. The summed E-state index contributed by atoms with van der Waals surface area (Å²) < 4.78 is 11.3. The summed E-state index contributed by atoms with van der Waals surface area (Å²) in [5.41, 5.74) is 0.575. The van der Waals surface area contributed by atoms with Crippen LogP contribution in [0.2, 0.25) is 0 Å². The van der Waals surface area contributed by atoms with Crippen molar-refractivity contribution < 1.29 is 19.1 Å². The van der Waals surface area contributed by atoms with Crippen molar-refractivity contribution in [3.05, 3.63) is 39.8 Å². The predicted molar refractivity (Wildman–Crippen MR) is 85.9 cm³/mol. The van der Waals surface area contributed by atoms with Crippen LogP contribution in [-0.2, 0) is 20.9 Å². The number of halogens is 1. The van der Waals surface area contributed by atoms with Crippen molar-refractivity contribution in [2.75, 3.05) is 11.9 Å². The smallest absolute Gasteiger partial charge is 0.344 e. The normalized spacial score (nSPS) is 10.1. The van der Waals surface area contributed by atoms with E-state index in [-0.39, 0.29) is 19.1 Å². The fraction of sp³-hybridized carbons (Fsp3) is 0.214. The Bertz CT molecular complexity index is 657. The number of thiazole rings is 1. The molecule has 0 unspecified atom stereocenters. The highest BCUT2D eigenvalue weighted by molar-refractivity contribution is 9.10. The molecule has 116 valence electrons. The van der Waals surface area contributed by atoms with Gasteiger partial charge >= 0.3 is 5.97 Å². The minimum Gasteiger partial charge on any atom is -0.482 e. The summed E-state index contributed by atoms with van der Waals surface area (Å²) in [5.74, 6) is -0.0976. The molecule has 0 atom stereocenters. The lowest BCUT2D eigenvalue weighted by Gasteiger charge is -2.06. The van der Waals surface area contributed by atoms with Crippen LogP contribution in [0.1, 0.15) is 12.6 Å². The van der Waals surface area contributed by atoms with Gasteiger partial charge in [-0.05, 0) is 24.3 Å². The van der Waals surface area contributed by atoms with E-state index in [2.05, 4.69) is 26.2 Å². The zero-order valence-corrected chi connectivity index (χ0v) is 14.1. The van der Waals surface area contributed by atoms with E-state index in [0.29, 0.717) is 16.6 Å². The Morgan fingerprint density at radius 3 is 2.73 bits per heavy atom. The molecule has 0 aliphatic heterocycles. The van der Waals surface area contributed by atoms with Crippen molar-refractivity contribution in [1.29, 1.82) is 0 Å². The Hall–Kier alpha value is -1.93. The molecule has 0 spiro atoms.